The molecule has 0 aliphatic carbocycles. The average Bonchev–Trinajstić information content (AvgIpc) is 2.45. The van der Waals surface area contributed by atoms with Gasteiger partial charge in [0, 0.05) is 11.6 Å². The number of hydrogen-bond donors (Lipinski definition) is 4. The first kappa shape index (κ1) is 15.1. The maximum absolute atomic E-state index is 12.0. The number of benzene rings is 2. The zero-order valence-corrected chi connectivity index (χ0v) is 11.2. The van der Waals surface area contributed by atoms with E-state index in [0.717, 1.165) is 18.2 Å². The molecule has 0 amide bonds. The van der Waals surface area contributed by atoms with Crippen molar-refractivity contribution in [1.29, 1.82) is 0 Å². The third kappa shape index (κ3) is 3.06. The van der Waals surface area contributed by atoms with Gasteiger partial charge in [-0.2, -0.15) is 0 Å². The molecule has 0 aliphatic heterocycles. The van der Waals surface area contributed by atoms with Gasteiger partial charge in [-0.05, 0) is 24.3 Å². The van der Waals surface area contributed by atoms with E-state index in [2.05, 4.69) is 0 Å². The number of phenols is 3. The summed E-state index contributed by atoms with van der Waals surface area (Å²) in [4.78, 5) is 23.0. The first-order valence-corrected chi connectivity index (χ1v) is 6.20. The van der Waals surface area contributed by atoms with Crippen LogP contribution >= 0.6 is 0 Å². The molecule has 0 spiro atoms. The Bertz CT molecular complexity index is 776. The van der Waals surface area contributed by atoms with Crippen LogP contribution in [0.1, 0.15) is 26.3 Å². The van der Waals surface area contributed by atoms with Crippen molar-refractivity contribution < 1.29 is 30.0 Å². The summed E-state index contributed by atoms with van der Waals surface area (Å²) in [6, 6.07) is 8.02. The second kappa shape index (κ2) is 6.01. The van der Waals surface area contributed by atoms with Crippen LogP contribution in [0, 0.1) is 0 Å². The number of carboxylic acid groups (broad SMARTS) is 1. The van der Waals surface area contributed by atoms with Gasteiger partial charge in [0.1, 0.15) is 22.8 Å². The number of carbonyl (C=O) groups is 2. The number of carboxylic acids is 1. The highest BCUT2D eigenvalue weighted by Crippen LogP contribution is 2.28. The van der Waals surface area contributed by atoms with Crippen molar-refractivity contribution in [2.45, 2.75) is 0 Å². The maximum Gasteiger partial charge on any atom is 0.339 e. The monoisotopic (exact) mass is 300 g/mol. The zero-order chi connectivity index (χ0) is 16.3. The molecule has 0 aliphatic rings. The van der Waals surface area contributed by atoms with Crippen LogP contribution in [0.15, 0.2) is 42.5 Å². The van der Waals surface area contributed by atoms with E-state index in [0.29, 0.717) is 5.56 Å². The number of para-hydroxylation sites is 1. The highest BCUT2D eigenvalue weighted by molar-refractivity contribution is 6.10. The molecule has 22 heavy (non-hydrogen) atoms. The van der Waals surface area contributed by atoms with E-state index in [1.54, 1.807) is 18.2 Å². The number of rotatable bonds is 4. The van der Waals surface area contributed by atoms with Crippen molar-refractivity contribution in [2.75, 3.05) is 0 Å². The van der Waals surface area contributed by atoms with Gasteiger partial charge in [-0.3, -0.25) is 4.79 Å². The van der Waals surface area contributed by atoms with Gasteiger partial charge in [0.25, 0.3) is 0 Å². The Labute approximate surface area is 125 Å². The van der Waals surface area contributed by atoms with Gasteiger partial charge in [-0.15, -0.1) is 0 Å². The number of hydrogen-bond acceptors (Lipinski definition) is 5. The predicted molar refractivity (Wildman–Crippen MR) is 78.2 cm³/mol. The summed E-state index contributed by atoms with van der Waals surface area (Å²) in [5.74, 6) is -3.27. The van der Waals surface area contributed by atoms with E-state index < -0.39 is 28.8 Å². The van der Waals surface area contributed by atoms with E-state index in [1.165, 1.54) is 12.1 Å². The summed E-state index contributed by atoms with van der Waals surface area (Å²) in [7, 11) is 0. The molecule has 2 aromatic rings. The lowest BCUT2D eigenvalue weighted by Crippen LogP contribution is -2.02. The van der Waals surface area contributed by atoms with Crippen LogP contribution in [0.25, 0.3) is 6.08 Å². The van der Waals surface area contributed by atoms with Crippen molar-refractivity contribution >= 4 is 17.8 Å². The van der Waals surface area contributed by atoms with Gasteiger partial charge in [0.05, 0.1) is 5.56 Å². The number of phenolic OH excluding ortho intramolecular Hbond substituents is 2. The van der Waals surface area contributed by atoms with Crippen LogP contribution in [-0.2, 0) is 0 Å². The molecule has 0 heterocycles. The molecule has 4 N–H and O–H groups in total. The van der Waals surface area contributed by atoms with Gasteiger partial charge in [0.2, 0.25) is 0 Å². The fraction of sp³-hybridized carbons (Fsp3) is 0. The molecule has 2 aromatic carbocycles. The zero-order valence-electron chi connectivity index (χ0n) is 11.2. The van der Waals surface area contributed by atoms with Crippen LogP contribution in [-0.4, -0.2) is 32.2 Å². The standard InChI is InChI=1S/C16H12O6/c17-12-4-2-1-3-9(12)5-6-13(18)10-7-11(16(21)22)15(20)8-14(10)19/h1-8,17,19-20H,(H,21,22)/b6-5+. The first-order chi connectivity index (χ1) is 10.4. The average molecular weight is 300 g/mol. The van der Waals surface area contributed by atoms with Crippen molar-refractivity contribution in [3.8, 4) is 17.2 Å². The van der Waals surface area contributed by atoms with E-state index in [1.807, 2.05) is 0 Å². The molecule has 0 atom stereocenters. The van der Waals surface area contributed by atoms with Crippen LogP contribution in [0.2, 0.25) is 0 Å². The maximum atomic E-state index is 12.0. The molecule has 0 unspecified atom stereocenters. The number of carbonyl (C=O) groups excluding carboxylic acids is 1. The molecule has 6 heteroatoms. The first-order valence-electron chi connectivity index (χ1n) is 6.20. The second-order valence-electron chi connectivity index (χ2n) is 4.45. The Hall–Kier alpha value is -3.28. The lowest BCUT2D eigenvalue weighted by molar-refractivity contribution is 0.0693. The fourth-order valence-electron chi connectivity index (χ4n) is 1.83. The largest absolute Gasteiger partial charge is 0.507 e. The molecular formula is C16H12O6. The molecule has 0 saturated carbocycles. The summed E-state index contributed by atoms with van der Waals surface area (Å²) in [6.07, 6.45) is 2.43. The molecule has 112 valence electrons. The second-order valence-corrected chi connectivity index (χ2v) is 4.45. The third-order valence-corrected chi connectivity index (χ3v) is 2.96. The molecule has 0 aromatic heterocycles. The minimum atomic E-state index is -1.42. The minimum absolute atomic E-state index is 0.0206. The van der Waals surface area contributed by atoms with Gasteiger partial charge in [-0.1, -0.05) is 18.2 Å². The van der Waals surface area contributed by atoms with E-state index in [4.69, 9.17) is 5.11 Å². The Morgan fingerprint density at radius 2 is 1.50 bits per heavy atom. The van der Waals surface area contributed by atoms with Gasteiger partial charge < -0.3 is 20.4 Å². The number of aromatic carboxylic acids is 1. The summed E-state index contributed by atoms with van der Waals surface area (Å²) in [5, 5.41) is 37.6. The molecule has 6 nitrogen and oxygen atoms in total. The van der Waals surface area contributed by atoms with Crippen molar-refractivity contribution in [2.24, 2.45) is 0 Å². The Kier molecular flexibility index (Phi) is 4.13. The summed E-state index contributed by atoms with van der Waals surface area (Å²) in [6.45, 7) is 0. The number of allylic oxidation sites excluding steroid dienone is 1. The van der Waals surface area contributed by atoms with Crippen LogP contribution in [0.4, 0.5) is 0 Å². The van der Waals surface area contributed by atoms with E-state index in [9.17, 15) is 24.9 Å². The van der Waals surface area contributed by atoms with Gasteiger partial charge >= 0.3 is 5.97 Å². The van der Waals surface area contributed by atoms with Crippen LogP contribution < -0.4 is 0 Å². The Morgan fingerprint density at radius 1 is 0.864 bits per heavy atom. The number of aromatic hydroxyl groups is 3. The highest BCUT2D eigenvalue weighted by Gasteiger charge is 2.17. The molecule has 0 bridgehead atoms. The molecule has 0 radical (unpaired) electrons. The SMILES string of the molecule is O=C(O)c1cc(C(=O)/C=C/c2ccccc2O)c(O)cc1O. The quantitative estimate of drug-likeness (QED) is 0.509. The molecular weight excluding hydrogens is 288 g/mol. The fourth-order valence-corrected chi connectivity index (χ4v) is 1.83. The van der Waals surface area contributed by atoms with Crippen LogP contribution in [0.3, 0.4) is 0 Å². The highest BCUT2D eigenvalue weighted by atomic mass is 16.4. The molecule has 0 saturated heterocycles. The van der Waals surface area contributed by atoms with Crippen LogP contribution in [0.5, 0.6) is 17.2 Å². The molecule has 2 rings (SSSR count). The van der Waals surface area contributed by atoms with Crippen molar-refractivity contribution in [3.05, 3.63) is 59.2 Å². The Morgan fingerprint density at radius 3 is 2.14 bits per heavy atom. The lowest BCUT2D eigenvalue weighted by atomic mass is 10.0. The molecule has 0 fully saturated rings. The summed E-state index contributed by atoms with van der Waals surface area (Å²) >= 11 is 0. The normalized spacial score (nSPS) is 10.7. The minimum Gasteiger partial charge on any atom is -0.507 e. The topological polar surface area (TPSA) is 115 Å². The van der Waals surface area contributed by atoms with Gasteiger partial charge in [-0.25, -0.2) is 4.79 Å². The predicted octanol–water partition coefficient (Wildman–Crippen LogP) is 2.40. The van der Waals surface area contributed by atoms with Gasteiger partial charge in [0.15, 0.2) is 5.78 Å². The van der Waals surface area contributed by atoms with Crippen molar-refractivity contribution in [3.63, 3.8) is 0 Å². The number of ketones is 1. The van der Waals surface area contributed by atoms with Crippen molar-refractivity contribution in [1.82, 2.24) is 0 Å². The van der Waals surface area contributed by atoms with E-state index in [-0.39, 0.29) is 11.3 Å². The smallest absolute Gasteiger partial charge is 0.339 e. The third-order valence-electron chi connectivity index (χ3n) is 2.96. The van der Waals surface area contributed by atoms with E-state index >= 15 is 0 Å². The lowest BCUT2D eigenvalue weighted by Gasteiger charge is -2.05. The summed E-state index contributed by atoms with van der Waals surface area (Å²) < 4.78 is 0. The summed E-state index contributed by atoms with van der Waals surface area (Å²) in [5.41, 5.74) is -0.355. The Balaban J connectivity index is 2.36.